The first-order valence-corrected chi connectivity index (χ1v) is 24.1. The highest BCUT2D eigenvalue weighted by Crippen LogP contribution is 2.57. The van der Waals surface area contributed by atoms with Crippen molar-refractivity contribution in [3.8, 4) is 28.7 Å². The summed E-state index contributed by atoms with van der Waals surface area (Å²) in [5, 5.41) is 35.0. The van der Waals surface area contributed by atoms with Crippen molar-refractivity contribution < 1.29 is 57.8 Å². The Morgan fingerprint density at radius 1 is 0.761 bits per heavy atom. The minimum Gasteiger partial charge on any atom is -0.508 e. The maximum absolute atomic E-state index is 13.4. The molecule has 0 saturated heterocycles. The number of hydrogen-bond donors (Lipinski definition) is 6. The van der Waals surface area contributed by atoms with Gasteiger partial charge in [-0.1, -0.05) is 19.9 Å². The average molecular weight is 993 g/mol. The lowest BCUT2D eigenvalue weighted by atomic mass is 9.75. The first-order chi connectivity index (χ1) is 34.2. The number of ketones is 1. The summed E-state index contributed by atoms with van der Waals surface area (Å²) in [4.78, 5) is 38.5. The predicted molar refractivity (Wildman–Crippen MR) is 267 cm³/mol. The molecular weight excluding hydrogens is 933 g/mol. The highest BCUT2D eigenvalue weighted by Gasteiger charge is 2.53. The van der Waals surface area contributed by atoms with Crippen molar-refractivity contribution in [1.82, 2.24) is 15.1 Å². The summed E-state index contributed by atoms with van der Waals surface area (Å²) < 4.78 is 42.2. The fourth-order valence-electron chi connectivity index (χ4n) is 9.09. The van der Waals surface area contributed by atoms with Crippen molar-refractivity contribution in [2.45, 2.75) is 52.1 Å². The molecule has 8 rings (SSSR count). The summed E-state index contributed by atoms with van der Waals surface area (Å²) in [5.74, 6) is -0.370. The molecule has 71 heavy (non-hydrogen) atoms. The number of thiocarbonyl (C=S) groups is 1. The van der Waals surface area contributed by atoms with Crippen molar-refractivity contribution >= 4 is 46.4 Å². The molecule has 4 aromatic carbocycles. The van der Waals surface area contributed by atoms with Crippen LogP contribution in [0.4, 0.5) is 11.4 Å². The third kappa shape index (κ3) is 11.8. The van der Waals surface area contributed by atoms with Crippen LogP contribution in [0.25, 0.3) is 5.69 Å². The van der Waals surface area contributed by atoms with Crippen molar-refractivity contribution in [2.24, 2.45) is 11.1 Å². The third-order valence-electron chi connectivity index (χ3n) is 12.3. The second-order valence-electron chi connectivity index (χ2n) is 18.2. The van der Waals surface area contributed by atoms with Gasteiger partial charge in [-0.25, -0.2) is 9.48 Å². The second-order valence-corrected chi connectivity index (χ2v) is 18.6. The number of fused-ring (bicyclic) bond motifs is 7. The molecule has 0 radical (unpaired) electrons. The fraction of sp³-hybridized carbons (Fsp3) is 0.404. The number of aromatic nitrogens is 2. The van der Waals surface area contributed by atoms with Crippen LogP contribution in [0.5, 0.6) is 23.0 Å². The Morgan fingerprint density at radius 3 is 1.94 bits per heavy atom. The summed E-state index contributed by atoms with van der Waals surface area (Å²) in [7, 11) is 0. The van der Waals surface area contributed by atoms with Crippen LogP contribution in [0.2, 0.25) is 0 Å². The highest BCUT2D eigenvalue weighted by molar-refractivity contribution is 7.80. The van der Waals surface area contributed by atoms with Gasteiger partial charge in [0.1, 0.15) is 23.0 Å². The zero-order chi connectivity index (χ0) is 50.1. The summed E-state index contributed by atoms with van der Waals surface area (Å²) in [6, 6.07) is 19.9. The molecule has 2 aliphatic heterocycles. The van der Waals surface area contributed by atoms with Gasteiger partial charge in [0.15, 0.2) is 16.5 Å². The first-order valence-electron chi connectivity index (χ1n) is 23.7. The van der Waals surface area contributed by atoms with E-state index in [1.165, 1.54) is 24.3 Å². The van der Waals surface area contributed by atoms with E-state index in [0.29, 0.717) is 165 Å². The van der Waals surface area contributed by atoms with E-state index in [-0.39, 0.29) is 22.7 Å². The largest absolute Gasteiger partial charge is 0.508 e. The zero-order valence-corrected chi connectivity index (χ0v) is 40.9. The van der Waals surface area contributed by atoms with Crippen LogP contribution in [-0.2, 0) is 40.4 Å². The lowest BCUT2D eigenvalue weighted by Gasteiger charge is -2.36. The molecule has 0 bridgehead atoms. The lowest BCUT2D eigenvalue weighted by molar-refractivity contribution is -0.0110. The van der Waals surface area contributed by atoms with E-state index in [1.807, 2.05) is 23.7 Å². The Bertz CT molecular complexity index is 2730. The number of nitrogens with two attached hydrogens (primary N) is 1. The van der Waals surface area contributed by atoms with Crippen LogP contribution >= 0.6 is 12.2 Å². The highest BCUT2D eigenvalue weighted by atomic mass is 32.1. The number of rotatable bonds is 24. The molecular formula is C52H60N6O12S. The van der Waals surface area contributed by atoms with Gasteiger partial charge in [0.05, 0.1) is 86.6 Å². The first kappa shape index (κ1) is 50.8. The number of Topliss-reactive ketones (excluding diaryl/α,β-unsaturated/α-hetero) is 1. The van der Waals surface area contributed by atoms with Crippen LogP contribution in [0.15, 0.2) is 72.8 Å². The molecule has 0 atom stereocenters. The summed E-state index contributed by atoms with van der Waals surface area (Å²) >= 11 is 5.51. The van der Waals surface area contributed by atoms with Crippen molar-refractivity contribution in [3.63, 3.8) is 0 Å². The molecule has 1 aliphatic carbocycles. The van der Waals surface area contributed by atoms with Crippen LogP contribution in [0, 0.1) is 12.3 Å². The maximum atomic E-state index is 13.4. The topological polar surface area (TPSA) is 236 Å². The Kier molecular flexibility index (Phi) is 16.2. The Morgan fingerprint density at radius 2 is 1.34 bits per heavy atom. The smallest absolute Gasteiger partial charge is 0.340 e. The van der Waals surface area contributed by atoms with E-state index in [1.54, 1.807) is 36.4 Å². The summed E-state index contributed by atoms with van der Waals surface area (Å²) in [6.45, 7) is 11.6. The number of nitrogens with zero attached hydrogens (tertiary/aromatic N) is 2. The van der Waals surface area contributed by atoms with Crippen molar-refractivity contribution in [1.29, 1.82) is 0 Å². The van der Waals surface area contributed by atoms with E-state index in [9.17, 15) is 24.6 Å². The summed E-state index contributed by atoms with van der Waals surface area (Å²) in [5.41, 5.74) is 10.8. The van der Waals surface area contributed by atoms with E-state index in [2.05, 4.69) is 29.8 Å². The molecule has 0 fully saturated rings. The number of carbonyl (C=O) groups excluding carboxylic acids is 3. The molecule has 0 saturated carbocycles. The Labute approximate surface area is 417 Å². The second kappa shape index (κ2) is 22.6. The Balaban J connectivity index is 0.633. The average Bonchev–Trinajstić information content (AvgIpc) is 3.80. The number of carbonyl (C=O) groups is 3. The third-order valence-corrected chi connectivity index (χ3v) is 12.5. The minimum absolute atomic E-state index is 0.0142. The molecule has 1 amide bonds. The molecule has 7 N–H and O–H groups in total. The Hall–Kier alpha value is -6.61. The van der Waals surface area contributed by atoms with Gasteiger partial charge in [-0.2, -0.15) is 5.10 Å². The number of nitrogens with one attached hydrogen (secondary N) is 3. The van der Waals surface area contributed by atoms with Crippen LogP contribution in [0.1, 0.15) is 92.3 Å². The van der Waals surface area contributed by atoms with Crippen molar-refractivity contribution in [3.05, 3.63) is 118 Å². The van der Waals surface area contributed by atoms with Gasteiger partial charge < -0.3 is 65.1 Å². The number of phenols is 2. The van der Waals surface area contributed by atoms with E-state index in [4.69, 9.17) is 56.2 Å². The molecule has 18 nitrogen and oxygen atoms in total. The number of esters is 1. The van der Waals surface area contributed by atoms with E-state index in [0.717, 1.165) is 17.8 Å². The fourth-order valence-corrected chi connectivity index (χ4v) is 9.31. The number of amides is 1. The van der Waals surface area contributed by atoms with Gasteiger partial charge >= 0.3 is 5.97 Å². The molecule has 1 spiro atoms. The molecule has 5 aromatic rings. The maximum Gasteiger partial charge on any atom is 0.340 e. The lowest BCUT2D eigenvalue weighted by Crippen LogP contribution is -2.33. The number of hydrogen-bond acceptors (Lipinski definition) is 15. The van der Waals surface area contributed by atoms with Crippen LogP contribution < -0.4 is 26.4 Å². The van der Waals surface area contributed by atoms with Gasteiger partial charge in [-0.3, -0.25) is 9.59 Å². The predicted octanol–water partition coefficient (Wildman–Crippen LogP) is 6.68. The number of aryl methyl sites for hydroxylation is 1. The van der Waals surface area contributed by atoms with Gasteiger partial charge in [0.2, 0.25) is 0 Å². The van der Waals surface area contributed by atoms with E-state index < -0.39 is 17.5 Å². The SMILES string of the molecule is Cc1nn(-c2ccc(C(N)=O)c(NCCCOCCOCCOCCOCCOCCCNC(=S)Nc3ccc4c(c3)C(=O)OC43c4ccc(O)cc4Oc4cc(O)ccc43)c2)c2c1C(=O)CC(C)(C)C2. The monoisotopic (exact) mass is 992 g/mol. The number of anilines is 2. The standard InChI is InChI=1S/C52H60N6O12S/c1-32-47-43(30-51(2,3)31-44(47)61)58(57-32)34-7-10-37(48(53)62)42(27-34)54-14-4-16-64-18-20-66-22-24-68-25-23-67-21-19-65-17-5-15-55-50(71)56-33-6-11-39-38(26-33)49(63)70-52(39)40-12-8-35(59)28-45(40)69-46-29-36(60)9-13-41(46)52/h6-13,26-29,54,59-60H,4-5,14-25,30-31H2,1-3H3,(H2,53,62)(H2,55,56,71). The zero-order valence-electron chi connectivity index (χ0n) is 40.1. The van der Waals surface area contributed by atoms with E-state index >= 15 is 0 Å². The van der Waals surface area contributed by atoms with Gasteiger partial charge in [0, 0.05) is 72.9 Å². The molecule has 3 aliphatic rings. The minimum atomic E-state index is -1.34. The molecule has 1 aromatic heterocycles. The quantitative estimate of drug-likeness (QED) is 0.0215. The molecule has 19 heteroatoms. The molecule has 0 unspecified atom stereocenters. The summed E-state index contributed by atoms with van der Waals surface area (Å²) in [6.07, 6.45) is 2.60. The normalized spacial score (nSPS) is 14.7. The van der Waals surface area contributed by atoms with Crippen LogP contribution in [0.3, 0.4) is 0 Å². The van der Waals surface area contributed by atoms with Gasteiger partial charge in [-0.05, 0) is 98.4 Å². The number of phenolic OH excluding ortho intramolecular Hbond substituents is 2. The van der Waals surface area contributed by atoms with Crippen molar-refractivity contribution in [2.75, 3.05) is 89.8 Å². The van der Waals surface area contributed by atoms with Gasteiger partial charge in [-0.15, -0.1) is 0 Å². The number of ether oxygens (including phenoxy) is 7. The molecule has 376 valence electrons. The number of aromatic hydroxyl groups is 2. The van der Waals surface area contributed by atoms with Gasteiger partial charge in [0.25, 0.3) is 5.91 Å². The van der Waals surface area contributed by atoms with Crippen LogP contribution in [-0.4, -0.2) is 122 Å². The number of benzene rings is 4. The molecule has 3 heterocycles. The number of primary amides is 1.